The van der Waals surface area contributed by atoms with Gasteiger partial charge in [0.2, 0.25) is 0 Å². The van der Waals surface area contributed by atoms with Gasteiger partial charge in [-0.05, 0) is 19.9 Å². The average molecular weight is 609 g/mol. The third kappa shape index (κ3) is 6.76. The standard InChI is InChI=1S/C30H40O13/c1-14-9-10-23(40-18(5)33)29(8)24(41-19(6)34)12-22(39-17(4)32)21(13-38-16(3)31)11-25-30(37,15(2)28(36)43-25)27(26(14)29)42-20(7)35/h9,11,15,22-27,37H,10,12-13H2,1-8H3/b21-11-/t15?,22-,23?,24-,25?,26?,27-,29-,30?/m1/s1. The minimum Gasteiger partial charge on any atom is -0.462 e. The lowest BCUT2D eigenvalue weighted by Gasteiger charge is -2.55. The van der Waals surface area contributed by atoms with Crippen LogP contribution in [-0.4, -0.2) is 83.7 Å². The van der Waals surface area contributed by atoms with Crippen LogP contribution in [-0.2, 0) is 57.2 Å². The smallest absolute Gasteiger partial charge is 0.312 e. The van der Waals surface area contributed by atoms with Crippen LogP contribution < -0.4 is 0 Å². The van der Waals surface area contributed by atoms with E-state index in [1.165, 1.54) is 33.8 Å². The van der Waals surface area contributed by atoms with Gasteiger partial charge in [-0.15, -0.1) is 0 Å². The van der Waals surface area contributed by atoms with Crippen molar-refractivity contribution in [1.82, 2.24) is 0 Å². The third-order valence-electron chi connectivity index (χ3n) is 8.57. The van der Waals surface area contributed by atoms with Crippen molar-refractivity contribution in [1.29, 1.82) is 0 Å². The van der Waals surface area contributed by atoms with Gasteiger partial charge in [0.05, 0.1) is 11.3 Å². The Bertz CT molecular complexity index is 1230. The highest BCUT2D eigenvalue weighted by atomic mass is 16.6. The van der Waals surface area contributed by atoms with Crippen LogP contribution in [0, 0.1) is 17.3 Å². The second kappa shape index (κ2) is 12.9. The maximum atomic E-state index is 13.1. The first-order valence-electron chi connectivity index (χ1n) is 14.0. The first-order chi connectivity index (χ1) is 19.9. The zero-order chi connectivity index (χ0) is 32.4. The fraction of sp³-hybridized carbons (Fsp3) is 0.667. The Labute approximate surface area is 249 Å². The molecule has 9 atom stereocenters. The molecule has 0 aromatic rings. The van der Waals surface area contributed by atoms with Crippen molar-refractivity contribution in [3.8, 4) is 0 Å². The summed E-state index contributed by atoms with van der Waals surface area (Å²) in [6, 6.07) is 0. The lowest BCUT2D eigenvalue weighted by molar-refractivity contribution is -0.218. The summed E-state index contributed by atoms with van der Waals surface area (Å²) in [4.78, 5) is 74.8. The van der Waals surface area contributed by atoms with E-state index in [1.54, 1.807) is 19.9 Å². The molecule has 0 spiro atoms. The number of ether oxygens (including phenoxy) is 6. The first-order valence-corrected chi connectivity index (χ1v) is 14.0. The minimum absolute atomic E-state index is 0.114. The second-order valence-corrected chi connectivity index (χ2v) is 11.6. The van der Waals surface area contributed by atoms with Crippen LogP contribution in [0.5, 0.6) is 0 Å². The topological polar surface area (TPSA) is 178 Å². The van der Waals surface area contributed by atoms with Gasteiger partial charge in [-0.25, -0.2) is 0 Å². The Kier molecular flexibility index (Phi) is 10.1. The molecule has 13 nitrogen and oxygen atoms in total. The molecule has 5 unspecified atom stereocenters. The molecule has 0 aromatic heterocycles. The molecule has 0 bridgehead atoms. The molecule has 3 rings (SSSR count). The molecular weight excluding hydrogens is 568 g/mol. The van der Waals surface area contributed by atoms with Gasteiger partial charge in [-0.1, -0.05) is 18.6 Å². The molecule has 1 aliphatic heterocycles. The highest BCUT2D eigenvalue weighted by Crippen LogP contribution is 2.55. The number of fused-ring (bicyclic) bond motifs is 2. The van der Waals surface area contributed by atoms with E-state index >= 15 is 0 Å². The Balaban J connectivity index is 2.46. The summed E-state index contributed by atoms with van der Waals surface area (Å²) in [5.74, 6) is -6.59. The molecule has 3 aliphatic rings. The van der Waals surface area contributed by atoms with Crippen LogP contribution in [0.15, 0.2) is 23.3 Å². The molecule has 1 N–H and O–H groups in total. The molecule has 43 heavy (non-hydrogen) atoms. The van der Waals surface area contributed by atoms with Gasteiger partial charge in [0.1, 0.15) is 31.0 Å². The maximum Gasteiger partial charge on any atom is 0.312 e. The van der Waals surface area contributed by atoms with Crippen LogP contribution in [0.25, 0.3) is 0 Å². The Morgan fingerprint density at radius 3 is 2.00 bits per heavy atom. The zero-order valence-electron chi connectivity index (χ0n) is 25.7. The van der Waals surface area contributed by atoms with Crippen molar-refractivity contribution < 1.29 is 62.3 Å². The molecular formula is C30H40O13. The molecule has 1 fully saturated rings. The van der Waals surface area contributed by atoms with Crippen molar-refractivity contribution in [2.75, 3.05) is 6.61 Å². The quantitative estimate of drug-likeness (QED) is 0.263. The van der Waals surface area contributed by atoms with Crippen molar-refractivity contribution in [3.63, 3.8) is 0 Å². The highest BCUT2D eigenvalue weighted by Gasteiger charge is 2.67. The van der Waals surface area contributed by atoms with E-state index in [-0.39, 0.29) is 18.4 Å². The summed E-state index contributed by atoms with van der Waals surface area (Å²) >= 11 is 0. The predicted molar refractivity (Wildman–Crippen MR) is 146 cm³/mol. The van der Waals surface area contributed by atoms with Gasteiger partial charge in [-0.3, -0.25) is 28.8 Å². The van der Waals surface area contributed by atoms with Gasteiger partial charge in [0.25, 0.3) is 0 Å². The van der Waals surface area contributed by atoms with Gasteiger partial charge in [-0.2, -0.15) is 0 Å². The van der Waals surface area contributed by atoms with Gasteiger partial charge >= 0.3 is 35.8 Å². The fourth-order valence-corrected chi connectivity index (χ4v) is 6.58. The Hall–Kier alpha value is -3.74. The van der Waals surface area contributed by atoms with Crippen molar-refractivity contribution >= 4 is 35.8 Å². The molecule has 0 amide bonds. The van der Waals surface area contributed by atoms with Crippen LogP contribution in [0.4, 0.5) is 0 Å². The molecule has 0 saturated carbocycles. The third-order valence-corrected chi connectivity index (χ3v) is 8.57. The largest absolute Gasteiger partial charge is 0.462 e. The lowest BCUT2D eigenvalue weighted by atomic mass is 9.56. The van der Waals surface area contributed by atoms with E-state index in [0.717, 1.165) is 13.8 Å². The molecule has 238 valence electrons. The number of carbonyl (C=O) groups is 6. The summed E-state index contributed by atoms with van der Waals surface area (Å²) in [6.45, 7) is 10.2. The molecule has 1 heterocycles. The normalized spacial score (nSPS) is 36.7. The number of aliphatic hydroxyl groups is 1. The molecule has 13 heteroatoms. The number of rotatable bonds is 6. The Morgan fingerprint density at radius 2 is 1.47 bits per heavy atom. The SMILES string of the molecule is CC(=O)OC/C1=C/C2OC(=O)C(C)C2(O)[C@H](OC(C)=O)C2C(C)=CCC(OC(C)=O)[C@]2(C)[C@H](OC(C)=O)C[C@H]1OC(C)=O. The second-order valence-electron chi connectivity index (χ2n) is 11.6. The van der Waals surface area contributed by atoms with E-state index in [2.05, 4.69) is 0 Å². The molecule has 0 radical (unpaired) electrons. The van der Waals surface area contributed by atoms with Crippen LogP contribution in [0.3, 0.4) is 0 Å². The highest BCUT2D eigenvalue weighted by molar-refractivity contribution is 5.78. The van der Waals surface area contributed by atoms with Gasteiger partial charge in [0, 0.05) is 59.0 Å². The fourth-order valence-electron chi connectivity index (χ4n) is 6.58. The van der Waals surface area contributed by atoms with Crippen molar-refractivity contribution in [3.05, 3.63) is 23.3 Å². The maximum absolute atomic E-state index is 13.1. The van der Waals surface area contributed by atoms with E-state index in [0.29, 0.717) is 5.57 Å². The predicted octanol–water partition coefficient (Wildman–Crippen LogP) is 1.87. The molecule has 0 aromatic carbocycles. The molecule has 1 saturated heterocycles. The van der Waals surface area contributed by atoms with Gasteiger partial charge < -0.3 is 33.5 Å². The minimum atomic E-state index is -2.23. The van der Waals surface area contributed by atoms with E-state index in [4.69, 9.17) is 28.4 Å². The number of hydrogen-bond acceptors (Lipinski definition) is 13. The average Bonchev–Trinajstić information content (AvgIpc) is 3.09. The van der Waals surface area contributed by atoms with Crippen LogP contribution in [0.2, 0.25) is 0 Å². The Morgan fingerprint density at radius 1 is 0.907 bits per heavy atom. The van der Waals surface area contributed by atoms with Crippen molar-refractivity contribution in [2.24, 2.45) is 17.3 Å². The summed E-state index contributed by atoms with van der Waals surface area (Å²) < 4.78 is 34.0. The van der Waals surface area contributed by atoms with Crippen molar-refractivity contribution in [2.45, 2.75) is 104 Å². The lowest BCUT2D eigenvalue weighted by Crippen LogP contribution is -2.65. The number of carbonyl (C=O) groups excluding carboxylic acids is 6. The summed E-state index contributed by atoms with van der Waals surface area (Å²) in [5, 5.41) is 12.5. The summed E-state index contributed by atoms with van der Waals surface area (Å²) in [7, 11) is 0. The van der Waals surface area contributed by atoms with Gasteiger partial charge in [0.15, 0.2) is 11.7 Å². The van der Waals surface area contributed by atoms with E-state index in [1.807, 2.05) is 0 Å². The monoisotopic (exact) mass is 608 g/mol. The molecule has 2 aliphatic carbocycles. The van der Waals surface area contributed by atoms with E-state index in [9.17, 15) is 33.9 Å². The van der Waals surface area contributed by atoms with E-state index < -0.39 is 95.8 Å². The zero-order valence-corrected chi connectivity index (χ0v) is 25.7. The number of hydrogen-bond donors (Lipinski definition) is 1. The van der Waals surface area contributed by atoms with Crippen LogP contribution >= 0.6 is 0 Å². The summed E-state index contributed by atoms with van der Waals surface area (Å²) in [6.07, 6.45) is -3.32. The van der Waals surface area contributed by atoms with Crippen LogP contribution in [0.1, 0.15) is 68.2 Å². The summed E-state index contributed by atoms with van der Waals surface area (Å²) in [5.41, 5.74) is -2.96. The first kappa shape index (κ1) is 33.8. The number of esters is 6.